The Morgan fingerprint density at radius 2 is 2.33 bits per heavy atom. The molecule has 1 heterocycles. The molecule has 2 rings (SSSR count). The number of H-pyrrole nitrogens is 1. The van der Waals surface area contributed by atoms with E-state index in [1.807, 2.05) is 0 Å². The van der Waals surface area contributed by atoms with Crippen LogP contribution < -0.4 is 10.1 Å². The fourth-order valence-corrected chi connectivity index (χ4v) is 1.50. The van der Waals surface area contributed by atoms with Crippen LogP contribution in [0.5, 0.6) is 6.01 Å². The van der Waals surface area contributed by atoms with Gasteiger partial charge in [0.1, 0.15) is 5.82 Å². The lowest BCUT2D eigenvalue weighted by Gasteiger charge is -2.03. The number of amides is 1. The van der Waals surface area contributed by atoms with Crippen molar-refractivity contribution in [1.29, 1.82) is 0 Å². The molecule has 6 nitrogen and oxygen atoms in total. The summed E-state index contributed by atoms with van der Waals surface area (Å²) < 4.78 is 17.6. The number of carbonyl (C=O) groups excluding carboxylic acids is 1. The van der Waals surface area contributed by atoms with Crippen molar-refractivity contribution in [2.45, 2.75) is 0 Å². The van der Waals surface area contributed by atoms with Crippen LogP contribution in [-0.2, 0) is 0 Å². The first-order valence-corrected chi connectivity index (χ1v) is 5.20. The molecule has 0 saturated carbocycles. The Balaban J connectivity index is 2.16. The van der Waals surface area contributed by atoms with Crippen LogP contribution in [0.15, 0.2) is 18.2 Å². The van der Waals surface area contributed by atoms with Gasteiger partial charge in [0.15, 0.2) is 0 Å². The summed E-state index contributed by atoms with van der Waals surface area (Å²) in [6, 6.07) is 3.57. The summed E-state index contributed by atoms with van der Waals surface area (Å²) >= 11 is 5.75. The summed E-state index contributed by atoms with van der Waals surface area (Å²) in [5, 5.41) is 8.54. The van der Waals surface area contributed by atoms with Gasteiger partial charge in [0, 0.05) is 0 Å². The standard InChI is InChI=1S/C10H8ClFN4O2/c1-18-10-14-9(15-16-10)13-8(17)6-3-2-5(12)4-7(6)11/h2-4H,1H3,(H2,13,14,15,16,17). The van der Waals surface area contributed by atoms with Gasteiger partial charge >= 0.3 is 6.01 Å². The molecular formula is C10H8ClFN4O2. The molecular weight excluding hydrogens is 263 g/mol. The number of benzene rings is 1. The second-order valence-electron chi connectivity index (χ2n) is 3.25. The van der Waals surface area contributed by atoms with Crippen molar-refractivity contribution in [2.24, 2.45) is 0 Å². The van der Waals surface area contributed by atoms with Gasteiger partial charge in [-0.1, -0.05) is 11.6 Å². The second kappa shape index (κ2) is 5.01. The molecule has 0 aliphatic carbocycles. The van der Waals surface area contributed by atoms with Crippen LogP contribution >= 0.6 is 11.6 Å². The molecule has 2 aromatic rings. The number of anilines is 1. The first kappa shape index (κ1) is 12.3. The minimum atomic E-state index is -0.529. The zero-order valence-electron chi connectivity index (χ0n) is 9.20. The number of aromatic amines is 1. The molecule has 94 valence electrons. The molecule has 8 heteroatoms. The molecule has 0 aliphatic heterocycles. The topological polar surface area (TPSA) is 79.9 Å². The zero-order chi connectivity index (χ0) is 13.1. The van der Waals surface area contributed by atoms with Gasteiger partial charge in [-0.15, -0.1) is 5.10 Å². The lowest BCUT2D eigenvalue weighted by molar-refractivity contribution is 0.102. The summed E-state index contributed by atoms with van der Waals surface area (Å²) in [6.07, 6.45) is 0. The Labute approximate surface area is 106 Å². The molecule has 2 N–H and O–H groups in total. The van der Waals surface area contributed by atoms with Crippen LogP contribution in [0.4, 0.5) is 10.3 Å². The van der Waals surface area contributed by atoms with Crippen molar-refractivity contribution in [3.63, 3.8) is 0 Å². The number of nitrogens with zero attached hydrogens (tertiary/aromatic N) is 2. The number of rotatable bonds is 3. The average Bonchev–Trinajstić information content (AvgIpc) is 2.76. The Morgan fingerprint density at radius 3 is 2.94 bits per heavy atom. The summed E-state index contributed by atoms with van der Waals surface area (Å²) in [6.45, 7) is 0. The number of hydrogen-bond acceptors (Lipinski definition) is 4. The predicted octanol–water partition coefficient (Wildman–Crippen LogP) is 1.86. The first-order chi connectivity index (χ1) is 8.60. The molecule has 0 fully saturated rings. The van der Waals surface area contributed by atoms with E-state index in [0.717, 1.165) is 12.1 Å². The van der Waals surface area contributed by atoms with E-state index in [2.05, 4.69) is 20.5 Å². The molecule has 0 bridgehead atoms. The van der Waals surface area contributed by atoms with E-state index in [4.69, 9.17) is 16.3 Å². The van der Waals surface area contributed by atoms with Crippen molar-refractivity contribution < 1.29 is 13.9 Å². The smallest absolute Gasteiger partial charge is 0.336 e. The number of hydrogen-bond donors (Lipinski definition) is 2. The van der Waals surface area contributed by atoms with E-state index in [1.165, 1.54) is 13.2 Å². The van der Waals surface area contributed by atoms with Crippen LogP contribution in [0.3, 0.4) is 0 Å². The van der Waals surface area contributed by atoms with Gasteiger partial charge in [0.05, 0.1) is 17.7 Å². The van der Waals surface area contributed by atoms with Gasteiger partial charge in [0.2, 0.25) is 5.95 Å². The van der Waals surface area contributed by atoms with Gasteiger partial charge in [-0.25, -0.2) is 9.49 Å². The minimum absolute atomic E-state index is 0.0129. The first-order valence-electron chi connectivity index (χ1n) is 4.83. The van der Waals surface area contributed by atoms with Gasteiger partial charge in [-0.05, 0) is 18.2 Å². The molecule has 0 atom stereocenters. The molecule has 1 aromatic carbocycles. The van der Waals surface area contributed by atoms with Gasteiger partial charge in [0.25, 0.3) is 5.91 Å². The number of halogens is 2. The quantitative estimate of drug-likeness (QED) is 0.892. The van der Waals surface area contributed by atoms with Crippen molar-refractivity contribution in [2.75, 3.05) is 12.4 Å². The highest BCUT2D eigenvalue weighted by molar-refractivity contribution is 6.34. The Hall–Kier alpha value is -2.15. The van der Waals surface area contributed by atoms with E-state index in [0.29, 0.717) is 0 Å². The molecule has 1 amide bonds. The maximum atomic E-state index is 12.8. The minimum Gasteiger partial charge on any atom is -0.466 e. The maximum Gasteiger partial charge on any atom is 0.336 e. The SMILES string of the molecule is COc1n[nH]c(NC(=O)c2ccc(F)cc2Cl)n1. The predicted molar refractivity (Wildman–Crippen MR) is 62.3 cm³/mol. The fraction of sp³-hybridized carbons (Fsp3) is 0.100. The fourth-order valence-electron chi connectivity index (χ4n) is 1.24. The largest absolute Gasteiger partial charge is 0.466 e. The van der Waals surface area contributed by atoms with E-state index in [9.17, 15) is 9.18 Å². The van der Waals surface area contributed by atoms with Gasteiger partial charge in [-0.3, -0.25) is 10.1 Å². The Morgan fingerprint density at radius 1 is 1.56 bits per heavy atom. The van der Waals surface area contributed by atoms with E-state index in [-0.39, 0.29) is 22.5 Å². The molecule has 0 radical (unpaired) electrons. The van der Waals surface area contributed by atoms with Crippen molar-refractivity contribution >= 4 is 23.5 Å². The molecule has 0 spiro atoms. The number of aromatic nitrogens is 3. The zero-order valence-corrected chi connectivity index (χ0v) is 9.95. The number of nitrogens with one attached hydrogen (secondary N) is 2. The monoisotopic (exact) mass is 270 g/mol. The highest BCUT2D eigenvalue weighted by Gasteiger charge is 2.13. The van der Waals surface area contributed by atoms with Gasteiger partial charge < -0.3 is 4.74 Å². The second-order valence-corrected chi connectivity index (χ2v) is 3.66. The van der Waals surface area contributed by atoms with Crippen LogP contribution in [0.25, 0.3) is 0 Å². The van der Waals surface area contributed by atoms with E-state index >= 15 is 0 Å². The van der Waals surface area contributed by atoms with Crippen LogP contribution in [0.2, 0.25) is 5.02 Å². The van der Waals surface area contributed by atoms with Crippen molar-refractivity contribution in [3.05, 3.63) is 34.6 Å². The third kappa shape index (κ3) is 2.57. The maximum absolute atomic E-state index is 12.8. The number of methoxy groups -OCH3 is 1. The lowest BCUT2D eigenvalue weighted by Crippen LogP contribution is -2.13. The van der Waals surface area contributed by atoms with E-state index in [1.54, 1.807) is 0 Å². The third-order valence-electron chi connectivity index (χ3n) is 2.06. The lowest BCUT2D eigenvalue weighted by atomic mass is 10.2. The molecule has 0 unspecified atom stereocenters. The highest BCUT2D eigenvalue weighted by atomic mass is 35.5. The molecule has 1 aromatic heterocycles. The normalized spacial score (nSPS) is 10.2. The summed E-state index contributed by atoms with van der Waals surface area (Å²) in [4.78, 5) is 15.6. The number of carbonyl (C=O) groups is 1. The molecule has 18 heavy (non-hydrogen) atoms. The Bertz CT molecular complexity index is 587. The van der Waals surface area contributed by atoms with Crippen molar-refractivity contribution in [3.8, 4) is 6.01 Å². The summed E-state index contributed by atoms with van der Waals surface area (Å²) in [7, 11) is 1.39. The number of ether oxygens (including phenoxy) is 1. The third-order valence-corrected chi connectivity index (χ3v) is 2.37. The summed E-state index contributed by atoms with van der Waals surface area (Å²) in [5.41, 5.74) is 0.133. The van der Waals surface area contributed by atoms with Crippen LogP contribution in [-0.4, -0.2) is 28.2 Å². The van der Waals surface area contributed by atoms with E-state index < -0.39 is 11.7 Å². The Kier molecular flexibility index (Phi) is 3.42. The highest BCUT2D eigenvalue weighted by Crippen LogP contribution is 2.18. The van der Waals surface area contributed by atoms with Crippen molar-refractivity contribution in [1.82, 2.24) is 15.2 Å². The van der Waals surface area contributed by atoms with Crippen LogP contribution in [0.1, 0.15) is 10.4 Å². The summed E-state index contributed by atoms with van der Waals surface area (Å²) in [5.74, 6) is -0.936. The van der Waals surface area contributed by atoms with Crippen LogP contribution in [0, 0.1) is 5.82 Å². The van der Waals surface area contributed by atoms with Gasteiger partial charge in [-0.2, -0.15) is 4.98 Å². The molecule has 0 aliphatic rings. The molecule has 0 saturated heterocycles. The average molecular weight is 271 g/mol.